The first-order valence-electron chi connectivity index (χ1n) is 11.1. The van der Waals surface area contributed by atoms with Crippen LogP contribution in [0.2, 0.25) is 0 Å². The Labute approximate surface area is 203 Å². The lowest BCUT2D eigenvalue weighted by Crippen LogP contribution is -2.51. The van der Waals surface area contributed by atoms with E-state index >= 15 is 0 Å². The second-order valence-corrected chi connectivity index (χ2v) is 8.82. The van der Waals surface area contributed by atoms with Crippen molar-refractivity contribution < 1.29 is 18.4 Å². The van der Waals surface area contributed by atoms with Crippen molar-refractivity contribution >= 4 is 23.6 Å². The molecular weight excluding hydrogens is 454 g/mol. The Hall–Kier alpha value is -3.19. The molecule has 4 nitrogen and oxygen atoms in total. The molecule has 7 heteroatoms. The van der Waals surface area contributed by atoms with Gasteiger partial charge in [-0.1, -0.05) is 60.7 Å². The number of carbonyl (C=O) groups excluding carboxylic acids is 2. The van der Waals surface area contributed by atoms with Gasteiger partial charge >= 0.3 is 0 Å². The number of nitrogens with zero attached hydrogens (tertiary/aromatic N) is 1. The number of nitrogens with one attached hydrogen (secondary N) is 1. The molecule has 3 aromatic carbocycles. The minimum atomic E-state index is -0.742. The molecule has 0 aliphatic heterocycles. The second-order valence-electron chi connectivity index (χ2n) is 7.83. The Morgan fingerprint density at radius 3 is 2.26 bits per heavy atom. The molecule has 34 heavy (non-hydrogen) atoms. The van der Waals surface area contributed by atoms with E-state index in [1.54, 1.807) is 35.2 Å². The summed E-state index contributed by atoms with van der Waals surface area (Å²) in [6, 6.07) is 21.1. The zero-order valence-electron chi connectivity index (χ0n) is 19.0. The summed E-state index contributed by atoms with van der Waals surface area (Å²) in [7, 11) is 0. The molecule has 3 aromatic rings. The van der Waals surface area contributed by atoms with E-state index in [9.17, 15) is 18.4 Å². The minimum Gasteiger partial charge on any atom is -0.355 e. The predicted octanol–water partition coefficient (Wildman–Crippen LogP) is 4.97. The number of hydrogen-bond donors (Lipinski definition) is 1. The van der Waals surface area contributed by atoms with Gasteiger partial charge in [0.25, 0.3) is 0 Å². The van der Waals surface area contributed by atoms with Crippen molar-refractivity contribution in [3.05, 3.63) is 107 Å². The maximum absolute atomic E-state index is 14.0. The van der Waals surface area contributed by atoms with Gasteiger partial charge in [0.2, 0.25) is 11.8 Å². The van der Waals surface area contributed by atoms with Gasteiger partial charge in [-0.15, -0.1) is 11.8 Å². The number of halogens is 2. The minimum absolute atomic E-state index is 0.0836. The Morgan fingerprint density at radius 1 is 0.912 bits per heavy atom. The number of likely N-dealkylation sites (N-methyl/N-ethyl adjacent to an activating group) is 1. The van der Waals surface area contributed by atoms with Crippen LogP contribution in [0.15, 0.2) is 78.9 Å². The third-order valence-corrected chi connectivity index (χ3v) is 6.30. The summed E-state index contributed by atoms with van der Waals surface area (Å²) in [4.78, 5) is 28.0. The van der Waals surface area contributed by atoms with E-state index in [0.29, 0.717) is 24.3 Å². The maximum atomic E-state index is 14.0. The van der Waals surface area contributed by atoms with Gasteiger partial charge in [-0.3, -0.25) is 9.59 Å². The van der Waals surface area contributed by atoms with Crippen LogP contribution in [-0.2, 0) is 28.3 Å². The molecule has 3 rings (SSSR count). The van der Waals surface area contributed by atoms with Crippen molar-refractivity contribution in [1.82, 2.24) is 10.2 Å². The highest BCUT2D eigenvalue weighted by Crippen LogP contribution is 2.20. The summed E-state index contributed by atoms with van der Waals surface area (Å²) in [6.07, 6.45) is 0.345. The number of carbonyl (C=O) groups is 2. The van der Waals surface area contributed by atoms with Gasteiger partial charge in [-0.2, -0.15) is 0 Å². The van der Waals surface area contributed by atoms with E-state index in [2.05, 4.69) is 5.32 Å². The van der Waals surface area contributed by atoms with Crippen molar-refractivity contribution in [3.8, 4) is 0 Å². The Kier molecular flexibility index (Phi) is 9.64. The molecule has 0 aromatic heterocycles. The van der Waals surface area contributed by atoms with E-state index in [1.807, 2.05) is 37.3 Å². The van der Waals surface area contributed by atoms with Gasteiger partial charge in [0, 0.05) is 25.3 Å². The zero-order valence-corrected chi connectivity index (χ0v) is 19.9. The zero-order chi connectivity index (χ0) is 24.3. The van der Waals surface area contributed by atoms with E-state index < -0.39 is 6.04 Å². The monoisotopic (exact) mass is 482 g/mol. The van der Waals surface area contributed by atoms with Gasteiger partial charge < -0.3 is 10.2 Å². The lowest BCUT2D eigenvalue weighted by molar-refractivity contribution is -0.139. The molecule has 1 unspecified atom stereocenters. The number of benzene rings is 3. The molecule has 0 aliphatic carbocycles. The molecule has 0 saturated heterocycles. The molecule has 2 amide bonds. The van der Waals surface area contributed by atoms with Gasteiger partial charge in [0.05, 0.1) is 5.75 Å². The summed E-state index contributed by atoms with van der Waals surface area (Å²) in [5.74, 6) is -0.742. The van der Waals surface area contributed by atoms with Gasteiger partial charge in [0.15, 0.2) is 0 Å². The second kappa shape index (κ2) is 12.9. The highest BCUT2D eigenvalue weighted by Gasteiger charge is 2.30. The van der Waals surface area contributed by atoms with E-state index in [0.717, 1.165) is 11.1 Å². The van der Waals surface area contributed by atoms with Crippen LogP contribution in [-0.4, -0.2) is 35.1 Å². The molecular formula is C27H28F2N2O2S. The summed E-state index contributed by atoms with van der Waals surface area (Å²) in [5.41, 5.74) is 2.17. The van der Waals surface area contributed by atoms with Gasteiger partial charge in [0.1, 0.15) is 17.7 Å². The SMILES string of the molecule is CCNC(=O)C(Cc1ccccc1)N(Cc1ccc(F)cc1)C(=O)CSCc1ccccc1F. The van der Waals surface area contributed by atoms with Crippen LogP contribution >= 0.6 is 11.8 Å². The third-order valence-electron chi connectivity index (χ3n) is 5.33. The van der Waals surface area contributed by atoms with Gasteiger partial charge in [-0.05, 0) is 41.8 Å². The van der Waals surface area contributed by atoms with Crippen LogP contribution in [0.5, 0.6) is 0 Å². The molecule has 0 bridgehead atoms. The molecule has 0 spiro atoms. The van der Waals surface area contributed by atoms with Crippen LogP contribution < -0.4 is 5.32 Å². The fourth-order valence-corrected chi connectivity index (χ4v) is 4.48. The highest BCUT2D eigenvalue weighted by molar-refractivity contribution is 7.99. The Morgan fingerprint density at radius 2 is 1.59 bits per heavy atom. The number of rotatable bonds is 11. The van der Waals surface area contributed by atoms with E-state index in [-0.39, 0.29) is 35.7 Å². The maximum Gasteiger partial charge on any atom is 0.243 e. The number of thioether (sulfide) groups is 1. The van der Waals surface area contributed by atoms with Crippen molar-refractivity contribution in [3.63, 3.8) is 0 Å². The number of hydrogen-bond acceptors (Lipinski definition) is 3. The molecule has 0 fully saturated rings. The third kappa shape index (κ3) is 7.42. The fraction of sp³-hybridized carbons (Fsp3) is 0.259. The topological polar surface area (TPSA) is 49.4 Å². The lowest BCUT2D eigenvalue weighted by atomic mass is 10.0. The largest absolute Gasteiger partial charge is 0.355 e. The van der Waals surface area contributed by atoms with Crippen LogP contribution in [0.4, 0.5) is 8.78 Å². The van der Waals surface area contributed by atoms with Crippen molar-refractivity contribution in [1.29, 1.82) is 0 Å². The summed E-state index contributed by atoms with van der Waals surface area (Å²) < 4.78 is 27.4. The van der Waals surface area contributed by atoms with Crippen LogP contribution in [0.1, 0.15) is 23.6 Å². The fourth-order valence-electron chi connectivity index (χ4n) is 3.58. The Balaban J connectivity index is 1.82. The summed E-state index contributed by atoms with van der Waals surface area (Å²) in [5, 5.41) is 2.84. The van der Waals surface area contributed by atoms with Crippen molar-refractivity contribution in [2.24, 2.45) is 0 Å². The number of amides is 2. The quantitative estimate of drug-likeness (QED) is 0.420. The average Bonchev–Trinajstić information content (AvgIpc) is 2.84. The summed E-state index contributed by atoms with van der Waals surface area (Å²) in [6.45, 7) is 2.42. The lowest BCUT2D eigenvalue weighted by Gasteiger charge is -2.31. The van der Waals surface area contributed by atoms with Crippen LogP contribution in [0, 0.1) is 11.6 Å². The van der Waals surface area contributed by atoms with Crippen molar-refractivity contribution in [2.45, 2.75) is 31.7 Å². The average molecular weight is 483 g/mol. The van der Waals surface area contributed by atoms with E-state index in [4.69, 9.17) is 0 Å². The van der Waals surface area contributed by atoms with E-state index in [1.165, 1.54) is 30.0 Å². The summed E-state index contributed by atoms with van der Waals surface area (Å²) >= 11 is 1.30. The predicted molar refractivity (Wildman–Crippen MR) is 132 cm³/mol. The molecule has 0 aliphatic rings. The standard InChI is InChI=1S/C27H28F2N2O2S/c1-2-30-27(33)25(16-20-8-4-3-5-9-20)31(17-21-12-14-23(28)15-13-21)26(32)19-34-18-22-10-6-7-11-24(22)29/h3-15,25H,2,16-19H2,1H3,(H,30,33). The molecule has 1 atom stereocenters. The first-order valence-corrected chi connectivity index (χ1v) is 12.3. The highest BCUT2D eigenvalue weighted by atomic mass is 32.2. The molecule has 178 valence electrons. The molecule has 1 N–H and O–H groups in total. The molecule has 0 radical (unpaired) electrons. The first-order chi connectivity index (χ1) is 16.5. The smallest absolute Gasteiger partial charge is 0.243 e. The van der Waals surface area contributed by atoms with Crippen LogP contribution in [0.3, 0.4) is 0 Å². The van der Waals surface area contributed by atoms with Crippen LogP contribution in [0.25, 0.3) is 0 Å². The Bertz CT molecular complexity index is 1080. The van der Waals surface area contributed by atoms with Gasteiger partial charge in [-0.25, -0.2) is 8.78 Å². The molecule has 0 saturated carbocycles. The molecule has 0 heterocycles. The first kappa shape index (κ1) is 25.4. The normalized spacial score (nSPS) is 11.6. The van der Waals surface area contributed by atoms with Crippen molar-refractivity contribution in [2.75, 3.05) is 12.3 Å².